The number of benzene rings is 1. The Morgan fingerprint density at radius 2 is 2.27 bits per heavy atom. The van der Waals surface area contributed by atoms with Crippen LogP contribution in [0.3, 0.4) is 0 Å². The van der Waals surface area contributed by atoms with Gasteiger partial charge in [0.25, 0.3) is 0 Å². The fourth-order valence-corrected chi connectivity index (χ4v) is 3.10. The van der Waals surface area contributed by atoms with Crippen molar-refractivity contribution < 1.29 is 13.9 Å². The fraction of sp³-hybridized carbons (Fsp3) is 0.500. The van der Waals surface area contributed by atoms with Gasteiger partial charge in [0.1, 0.15) is 5.58 Å². The van der Waals surface area contributed by atoms with Crippen molar-refractivity contribution in [1.82, 2.24) is 5.32 Å². The molecule has 1 amide bonds. The summed E-state index contributed by atoms with van der Waals surface area (Å²) in [4.78, 5) is 12.2. The van der Waals surface area contributed by atoms with Crippen LogP contribution in [-0.2, 0) is 16.0 Å². The van der Waals surface area contributed by atoms with Gasteiger partial charge in [0, 0.05) is 24.1 Å². The van der Waals surface area contributed by atoms with E-state index in [9.17, 15) is 4.79 Å². The van der Waals surface area contributed by atoms with Crippen molar-refractivity contribution in [3.63, 3.8) is 0 Å². The van der Waals surface area contributed by atoms with Crippen LogP contribution in [0.25, 0.3) is 11.0 Å². The van der Waals surface area contributed by atoms with E-state index in [-0.39, 0.29) is 5.91 Å². The molecule has 2 heterocycles. The molecule has 1 N–H and O–H groups in total. The van der Waals surface area contributed by atoms with Crippen LogP contribution in [-0.4, -0.2) is 25.2 Å². The van der Waals surface area contributed by atoms with Gasteiger partial charge in [-0.15, -0.1) is 0 Å². The van der Waals surface area contributed by atoms with Crippen LogP contribution in [0.15, 0.2) is 28.9 Å². The fourth-order valence-electron chi connectivity index (χ4n) is 3.10. The molecular formula is C18H23NO3. The molecule has 1 aromatic carbocycles. The molecule has 0 spiro atoms. The van der Waals surface area contributed by atoms with Gasteiger partial charge in [0.15, 0.2) is 0 Å². The average Bonchev–Trinajstić information content (AvgIpc) is 2.87. The number of nitrogens with one attached hydrogen (secondary N) is 1. The van der Waals surface area contributed by atoms with Crippen LogP contribution in [0.1, 0.15) is 30.9 Å². The first-order chi connectivity index (χ1) is 10.6. The summed E-state index contributed by atoms with van der Waals surface area (Å²) in [5.74, 6) is 0.582. The molecule has 22 heavy (non-hydrogen) atoms. The minimum Gasteiger partial charge on any atom is -0.464 e. The topological polar surface area (TPSA) is 51.5 Å². The molecule has 1 aromatic heterocycles. The van der Waals surface area contributed by atoms with Crippen LogP contribution in [0.2, 0.25) is 0 Å². The number of hydrogen-bond acceptors (Lipinski definition) is 3. The number of fused-ring (bicyclic) bond motifs is 1. The molecule has 0 saturated carbocycles. The van der Waals surface area contributed by atoms with Gasteiger partial charge in [0.05, 0.1) is 18.8 Å². The molecule has 0 unspecified atom stereocenters. The smallest absolute Gasteiger partial charge is 0.224 e. The lowest BCUT2D eigenvalue weighted by Gasteiger charge is -2.27. The molecule has 4 heteroatoms. The lowest BCUT2D eigenvalue weighted by Crippen LogP contribution is -2.34. The number of amides is 1. The first kappa shape index (κ1) is 15.1. The Labute approximate surface area is 130 Å². The number of aryl methyl sites for hydroxylation is 1. The maximum atomic E-state index is 12.2. The molecule has 1 saturated heterocycles. The van der Waals surface area contributed by atoms with Gasteiger partial charge < -0.3 is 14.5 Å². The van der Waals surface area contributed by atoms with Gasteiger partial charge >= 0.3 is 0 Å². The number of hydrogen-bond donors (Lipinski definition) is 1. The summed E-state index contributed by atoms with van der Waals surface area (Å²) in [7, 11) is 0. The largest absolute Gasteiger partial charge is 0.464 e. The third-order valence-corrected chi connectivity index (χ3v) is 4.34. The Hall–Kier alpha value is -1.81. The van der Waals surface area contributed by atoms with E-state index in [4.69, 9.17) is 9.15 Å². The Bertz CT molecular complexity index is 661. The molecule has 0 bridgehead atoms. The van der Waals surface area contributed by atoms with E-state index in [1.165, 1.54) is 0 Å². The van der Waals surface area contributed by atoms with E-state index in [2.05, 4.69) is 12.2 Å². The summed E-state index contributed by atoms with van der Waals surface area (Å²) in [6, 6.07) is 6.07. The van der Waals surface area contributed by atoms with Crippen molar-refractivity contribution in [2.75, 3.05) is 13.2 Å². The van der Waals surface area contributed by atoms with Gasteiger partial charge in [-0.25, -0.2) is 0 Å². The minimum absolute atomic E-state index is 0.0578. The summed E-state index contributed by atoms with van der Waals surface area (Å²) in [6.07, 6.45) is 4.42. The van der Waals surface area contributed by atoms with Gasteiger partial charge in [0.2, 0.25) is 5.91 Å². The SMILES string of the molecule is Cc1ccc2c(CC(=O)NC[C@@H]3CCO[C@@H](C)C3)coc2c1. The number of furan rings is 1. The second-order valence-electron chi connectivity index (χ2n) is 6.31. The van der Waals surface area contributed by atoms with Crippen LogP contribution < -0.4 is 5.32 Å². The molecule has 0 radical (unpaired) electrons. The molecule has 2 atom stereocenters. The summed E-state index contributed by atoms with van der Waals surface area (Å²) >= 11 is 0. The first-order valence-electron chi connectivity index (χ1n) is 7.97. The highest BCUT2D eigenvalue weighted by atomic mass is 16.5. The van der Waals surface area contributed by atoms with Gasteiger partial charge in [-0.2, -0.15) is 0 Å². The molecule has 118 valence electrons. The molecule has 1 aliphatic rings. The zero-order valence-corrected chi connectivity index (χ0v) is 13.2. The standard InChI is InChI=1S/C18H23NO3/c1-12-3-4-16-15(11-22-17(16)7-12)9-18(20)19-10-14-5-6-21-13(2)8-14/h3-4,7,11,13-14H,5-6,8-10H2,1-2H3,(H,19,20)/t13-,14+/m0/s1. The lowest BCUT2D eigenvalue weighted by molar-refractivity contribution is -0.120. The predicted molar refractivity (Wildman–Crippen MR) is 85.8 cm³/mol. The van der Waals surface area contributed by atoms with Gasteiger partial charge in [-0.05, 0) is 44.2 Å². The summed E-state index contributed by atoms with van der Waals surface area (Å²) in [6.45, 7) is 5.66. The summed E-state index contributed by atoms with van der Waals surface area (Å²) < 4.78 is 11.1. The number of carbonyl (C=O) groups excluding carboxylic acids is 1. The monoisotopic (exact) mass is 301 g/mol. The predicted octanol–water partition coefficient (Wildman–Crippen LogP) is 3.22. The van der Waals surface area contributed by atoms with Crippen LogP contribution >= 0.6 is 0 Å². The van der Waals surface area contributed by atoms with E-state index in [1.54, 1.807) is 6.26 Å². The Morgan fingerprint density at radius 1 is 1.41 bits per heavy atom. The molecule has 2 aromatic rings. The molecule has 0 aliphatic carbocycles. The number of carbonyl (C=O) groups is 1. The van der Waals surface area contributed by atoms with E-state index in [0.717, 1.165) is 48.1 Å². The Balaban J connectivity index is 1.56. The molecule has 3 rings (SSSR count). The van der Waals surface area contributed by atoms with E-state index >= 15 is 0 Å². The highest BCUT2D eigenvalue weighted by Gasteiger charge is 2.20. The van der Waals surface area contributed by atoms with Crippen molar-refractivity contribution in [3.05, 3.63) is 35.6 Å². The lowest BCUT2D eigenvalue weighted by atomic mass is 9.96. The zero-order valence-electron chi connectivity index (χ0n) is 13.2. The Kier molecular flexibility index (Phi) is 4.48. The number of rotatable bonds is 4. The summed E-state index contributed by atoms with van der Waals surface area (Å²) in [5, 5.41) is 4.08. The maximum absolute atomic E-state index is 12.2. The quantitative estimate of drug-likeness (QED) is 0.943. The van der Waals surface area contributed by atoms with Crippen LogP contribution in [0.5, 0.6) is 0 Å². The van der Waals surface area contributed by atoms with Gasteiger partial charge in [-0.1, -0.05) is 12.1 Å². The van der Waals surface area contributed by atoms with Crippen molar-refractivity contribution in [3.8, 4) is 0 Å². The van der Waals surface area contributed by atoms with Crippen molar-refractivity contribution in [2.24, 2.45) is 5.92 Å². The van der Waals surface area contributed by atoms with Crippen LogP contribution in [0, 0.1) is 12.8 Å². The highest BCUT2D eigenvalue weighted by Crippen LogP contribution is 2.23. The third-order valence-electron chi connectivity index (χ3n) is 4.34. The third kappa shape index (κ3) is 3.50. The number of ether oxygens (including phenoxy) is 1. The van der Waals surface area contributed by atoms with E-state index in [0.29, 0.717) is 18.4 Å². The average molecular weight is 301 g/mol. The second kappa shape index (κ2) is 6.53. The zero-order chi connectivity index (χ0) is 15.5. The molecule has 1 aliphatic heterocycles. The van der Waals surface area contributed by atoms with Crippen LogP contribution in [0.4, 0.5) is 0 Å². The summed E-state index contributed by atoms with van der Waals surface area (Å²) in [5.41, 5.74) is 2.96. The maximum Gasteiger partial charge on any atom is 0.224 e. The van der Waals surface area contributed by atoms with Gasteiger partial charge in [-0.3, -0.25) is 4.79 Å². The minimum atomic E-state index is 0.0578. The molecule has 4 nitrogen and oxygen atoms in total. The van der Waals surface area contributed by atoms with Crippen molar-refractivity contribution in [2.45, 2.75) is 39.2 Å². The van der Waals surface area contributed by atoms with E-state index in [1.807, 2.05) is 25.1 Å². The van der Waals surface area contributed by atoms with E-state index < -0.39 is 0 Å². The molecular weight excluding hydrogens is 278 g/mol. The highest BCUT2D eigenvalue weighted by molar-refractivity contribution is 5.87. The normalized spacial score (nSPS) is 21.9. The first-order valence-corrected chi connectivity index (χ1v) is 7.97. The van der Waals surface area contributed by atoms with Crippen molar-refractivity contribution >= 4 is 16.9 Å². The Morgan fingerprint density at radius 3 is 3.09 bits per heavy atom. The second-order valence-corrected chi connectivity index (χ2v) is 6.31. The van der Waals surface area contributed by atoms with Crippen molar-refractivity contribution in [1.29, 1.82) is 0 Å². The molecule has 1 fully saturated rings.